The molecule has 25 heavy (non-hydrogen) atoms. The lowest BCUT2D eigenvalue weighted by Gasteiger charge is -2.35. The van der Waals surface area contributed by atoms with Gasteiger partial charge in [-0.3, -0.25) is 19.6 Å². The van der Waals surface area contributed by atoms with E-state index in [1.165, 1.54) is 12.1 Å². The molecule has 2 aromatic rings. The Morgan fingerprint density at radius 1 is 1.24 bits per heavy atom. The lowest BCUT2D eigenvalue weighted by atomic mass is 10.2. The van der Waals surface area contributed by atoms with E-state index in [-0.39, 0.29) is 16.5 Å². The minimum absolute atomic E-state index is 0.0638. The van der Waals surface area contributed by atoms with Crippen molar-refractivity contribution in [3.63, 3.8) is 0 Å². The van der Waals surface area contributed by atoms with Gasteiger partial charge in [0.1, 0.15) is 5.69 Å². The zero-order valence-electron chi connectivity index (χ0n) is 13.9. The lowest BCUT2D eigenvalue weighted by molar-refractivity contribution is -0.384. The molecule has 0 unspecified atom stereocenters. The first-order valence-electron chi connectivity index (χ1n) is 7.98. The van der Waals surface area contributed by atoms with Gasteiger partial charge >= 0.3 is 0 Å². The maximum absolute atomic E-state index is 12.3. The molecule has 0 bridgehead atoms. The molecule has 0 saturated carbocycles. The monoisotopic (exact) mass is 341 g/mol. The molecule has 3 rings (SSSR count). The van der Waals surface area contributed by atoms with Crippen LogP contribution in [-0.2, 0) is 11.8 Å². The van der Waals surface area contributed by atoms with Crippen molar-refractivity contribution in [1.29, 1.82) is 0 Å². The molecule has 0 aliphatic carbocycles. The van der Waals surface area contributed by atoms with Crippen molar-refractivity contribution in [2.45, 2.75) is 0 Å². The summed E-state index contributed by atoms with van der Waals surface area (Å²) in [5.74, 6) is -0.0638. The van der Waals surface area contributed by atoms with Crippen molar-refractivity contribution >= 4 is 23.4 Å². The Hall–Kier alpha value is -3.16. The number of benzene rings is 1. The van der Waals surface area contributed by atoms with Gasteiger partial charge in [0.2, 0.25) is 5.91 Å². The van der Waals surface area contributed by atoms with E-state index in [9.17, 15) is 14.9 Å². The van der Waals surface area contributed by atoms with Gasteiger partial charge < -0.3 is 9.80 Å². The van der Waals surface area contributed by atoms with Crippen LogP contribution in [0.5, 0.6) is 0 Å². The highest BCUT2D eigenvalue weighted by atomic mass is 16.6. The number of nitro groups is 1. The van der Waals surface area contributed by atoms with Crippen LogP contribution in [0.1, 0.15) is 5.56 Å². The van der Waals surface area contributed by atoms with Crippen molar-refractivity contribution in [1.82, 2.24) is 14.7 Å². The molecule has 8 heteroatoms. The van der Waals surface area contributed by atoms with Gasteiger partial charge in [0.15, 0.2) is 0 Å². The fourth-order valence-corrected chi connectivity index (χ4v) is 2.85. The second kappa shape index (κ2) is 7.16. The summed E-state index contributed by atoms with van der Waals surface area (Å²) in [4.78, 5) is 26.8. The molecule has 8 nitrogen and oxygen atoms in total. The van der Waals surface area contributed by atoms with Gasteiger partial charge in [-0.25, -0.2) is 0 Å². The van der Waals surface area contributed by atoms with Gasteiger partial charge in [0, 0.05) is 57.1 Å². The van der Waals surface area contributed by atoms with Gasteiger partial charge in [-0.2, -0.15) is 5.10 Å². The molecule has 0 radical (unpaired) electrons. The van der Waals surface area contributed by atoms with Gasteiger partial charge in [0.25, 0.3) is 5.69 Å². The van der Waals surface area contributed by atoms with Crippen molar-refractivity contribution in [3.8, 4) is 0 Å². The second-order valence-corrected chi connectivity index (χ2v) is 5.84. The van der Waals surface area contributed by atoms with Gasteiger partial charge in [-0.05, 0) is 12.1 Å². The number of aryl methyl sites for hydroxylation is 1. The summed E-state index contributed by atoms with van der Waals surface area (Å²) in [6.07, 6.45) is 6.80. The molecule has 130 valence electrons. The Morgan fingerprint density at radius 2 is 1.96 bits per heavy atom. The number of para-hydroxylation sites is 2. The number of nitro benzene ring substituents is 1. The van der Waals surface area contributed by atoms with Crippen LogP contribution in [0.25, 0.3) is 6.08 Å². The Kier molecular flexibility index (Phi) is 4.78. The fourth-order valence-electron chi connectivity index (χ4n) is 2.85. The van der Waals surface area contributed by atoms with Gasteiger partial charge in [0.05, 0.1) is 11.1 Å². The highest BCUT2D eigenvalue weighted by Gasteiger charge is 2.24. The molecule has 0 N–H and O–H groups in total. The Labute approximate surface area is 145 Å². The van der Waals surface area contributed by atoms with E-state index in [2.05, 4.69) is 5.10 Å². The van der Waals surface area contributed by atoms with Crippen LogP contribution < -0.4 is 4.90 Å². The number of carbonyl (C=O) groups excluding carboxylic acids is 1. The second-order valence-electron chi connectivity index (χ2n) is 5.84. The molecular formula is C17H19N5O3. The SMILES string of the molecule is Cn1cc(/C=C/C(=O)N2CCN(c3ccccc3[N+](=O)[O-])CC2)cn1. The van der Waals surface area contributed by atoms with Crippen LogP contribution in [-0.4, -0.2) is 51.7 Å². The van der Waals surface area contributed by atoms with Crippen molar-refractivity contribution < 1.29 is 9.72 Å². The summed E-state index contributed by atoms with van der Waals surface area (Å²) >= 11 is 0. The first kappa shape index (κ1) is 16.7. The van der Waals surface area contributed by atoms with E-state index >= 15 is 0 Å². The lowest BCUT2D eigenvalue weighted by Crippen LogP contribution is -2.48. The standard InChI is InChI=1S/C17H19N5O3/c1-19-13-14(12-18-19)6-7-17(23)21-10-8-20(9-11-21)15-4-2-3-5-16(15)22(24)25/h2-7,12-13H,8-11H2,1H3/b7-6+. The van der Waals surface area contributed by atoms with Crippen LogP contribution in [0.4, 0.5) is 11.4 Å². The Balaban J connectivity index is 1.61. The number of carbonyl (C=O) groups is 1. The maximum atomic E-state index is 12.3. The zero-order chi connectivity index (χ0) is 17.8. The molecule has 1 aliphatic heterocycles. The maximum Gasteiger partial charge on any atom is 0.292 e. The Morgan fingerprint density at radius 3 is 2.60 bits per heavy atom. The molecule has 1 saturated heterocycles. The number of nitrogens with zero attached hydrogens (tertiary/aromatic N) is 5. The average Bonchev–Trinajstić information content (AvgIpc) is 3.05. The highest BCUT2D eigenvalue weighted by molar-refractivity contribution is 5.91. The molecule has 0 spiro atoms. The Bertz CT molecular complexity index is 806. The molecule has 1 aromatic carbocycles. The molecule has 1 aromatic heterocycles. The minimum Gasteiger partial charge on any atom is -0.362 e. The van der Waals surface area contributed by atoms with Crippen molar-refractivity contribution in [2.24, 2.45) is 7.05 Å². The van der Waals surface area contributed by atoms with Crippen LogP contribution in [0.3, 0.4) is 0 Å². The quantitative estimate of drug-likeness (QED) is 0.480. The predicted molar refractivity (Wildman–Crippen MR) is 94.1 cm³/mol. The summed E-state index contributed by atoms with van der Waals surface area (Å²) < 4.78 is 1.68. The third kappa shape index (κ3) is 3.85. The van der Waals surface area contributed by atoms with Crippen LogP contribution in [0.2, 0.25) is 0 Å². The number of rotatable bonds is 4. The predicted octanol–water partition coefficient (Wildman–Crippen LogP) is 1.69. The third-order valence-corrected chi connectivity index (χ3v) is 4.15. The molecule has 0 atom stereocenters. The number of hydrogen-bond acceptors (Lipinski definition) is 5. The average molecular weight is 341 g/mol. The number of amides is 1. The zero-order valence-corrected chi connectivity index (χ0v) is 13.9. The number of aromatic nitrogens is 2. The van der Waals surface area contributed by atoms with Crippen LogP contribution in [0, 0.1) is 10.1 Å². The molecule has 2 heterocycles. The van der Waals surface area contributed by atoms with Crippen molar-refractivity contribution in [2.75, 3.05) is 31.1 Å². The minimum atomic E-state index is -0.372. The van der Waals surface area contributed by atoms with Crippen LogP contribution >= 0.6 is 0 Å². The highest BCUT2D eigenvalue weighted by Crippen LogP contribution is 2.28. The smallest absolute Gasteiger partial charge is 0.292 e. The van der Waals surface area contributed by atoms with E-state index in [0.29, 0.717) is 31.9 Å². The summed E-state index contributed by atoms with van der Waals surface area (Å²) in [5.41, 5.74) is 1.57. The molecule has 1 aliphatic rings. The number of hydrogen-bond donors (Lipinski definition) is 0. The fraction of sp³-hybridized carbons (Fsp3) is 0.294. The van der Waals surface area contributed by atoms with Gasteiger partial charge in [-0.15, -0.1) is 0 Å². The van der Waals surface area contributed by atoms with E-state index in [0.717, 1.165) is 5.56 Å². The van der Waals surface area contributed by atoms with Gasteiger partial charge in [-0.1, -0.05) is 12.1 Å². The molecule has 1 amide bonds. The van der Waals surface area contributed by atoms with E-state index in [4.69, 9.17) is 0 Å². The molecule has 1 fully saturated rings. The number of piperazine rings is 1. The first-order chi connectivity index (χ1) is 12.0. The number of anilines is 1. The van der Waals surface area contributed by atoms with E-state index in [1.54, 1.807) is 40.1 Å². The summed E-state index contributed by atoms with van der Waals surface area (Å²) in [6, 6.07) is 6.70. The summed E-state index contributed by atoms with van der Waals surface area (Å²) in [7, 11) is 1.82. The summed E-state index contributed by atoms with van der Waals surface area (Å²) in [6.45, 7) is 2.19. The van der Waals surface area contributed by atoms with Crippen molar-refractivity contribution in [3.05, 3.63) is 58.4 Å². The molecular weight excluding hydrogens is 322 g/mol. The normalized spacial score (nSPS) is 14.9. The largest absolute Gasteiger partial charge is 0.362 e. The van der Waals surface area contributed by atoms with E-state index < -0.39 is 0 Å². The summed E-state index contributed by atoms with van der Waals surface area (Å²) in [5, 5.41) is 15.2. The third-order valence-electron chi connectivity index (χ3n) is 4.15. The first-order valence-corrected chi connectivity index (χ1v) is 7.98. The van der Waals surface area contributed by atoms with E-state index in [1.807, 2.05) is 18.1 Å². The van der Waals surface area contributed by atoms with Crippen LogP contribution in [0.15, 0.2) is 42.7 Å². The topological polar surface area (TPSA) is 84.5 Å².